The summed E-state index contributed by atoms with van der Waals surface area (Å²) in [4.78, 5) is 0. The third-order valence-corrected chi connectivity index (χ3v) is 2.69. The number of nitrogens with zero attached hydrogens (tertiary/aromatic N) is 1. The molecule has 0 radical (unpaired) electrons. The lowest BCUT2D eigenvalue weighted by Gasteiger charge is -2.24. The molecule has 0 fully saturated rings. The minimum absolute atomic E-state index is 0.240. The maximum absolute atomic E-state index is 12.5. The van der Waals surface area contributed by atoms with Crippen LogP contribution in [-0.4, -0.2) is 19.4 Å². The highest BCUT2D eigenvalue weighted by molar-refractivity contribution is 5.75. The van der Waals surface area contributed by atoms with E-state index in [0.29, 0.717) is 13.0 Å². The zero-order valence-corrected chi connectivity index (χ0v) is 7.91. The van der Waals surface area contributed by atoms with Gasteiger partial charge in [-0.1, -0.05) is 30.3 Å². The zero-order chi connectivity index (χ0) is 9.86. The van der Waals surface area contributed by atoms with Crippen LogP contribution in [0.3, 0.4) is 0 Å². The average molecular weight is 192 g/mol. The fourth-order valence-corrected chi connectivity index (χ4v) is 1.81. The van der Waals surface area contributed by atoms with Crippen molar-refractivity contribution in [2.24, 2.45) is 5.10 Å². The molecule has 0 saturated carbocycles. The van der Waals surface area contributed by atoms with Crippen molar-refractivity contribution in [1.29, 1.82) is 0 Å². The lowest BCUT2D eigenvalue weighted by Crippen LogP contribution is -2.32. The van der Waals surface area contributed by atoms with Crippen LogP contribution in [0.5, 0.6) is 0 Å². The number of nitrogens with one attached hydrogen (secondary N) is 1. The maximum Gasteiger partial charge on any atom is 0.0907 e. The number of benzene rings is 1. The molecule has 0 aliphatic carbocycles. The first-order valence-corrected chi connectivity index (χ1v) is 4.76. The Labute approximate surface area is 82.8 Å². The molecule has 1 N–H and O–H groups in total. The van der Waals surface area contributed by atoms with Gasteiger partial charge in [-0.05, 0) is 12.0 Å². The number of halogens is 1. The molecule has 1 unspecified atom stereocenters. The van der Waals surface area contributed by atoms with E-state index in [1.54, 1.807) is 0 Å². The predicted molar refractivity (Wildman–Crippen MR) is 55.2 cm³/mol. The molecule has 2 nitrogen and oxygen atoms in total. The van der Waals surface area contributed by atoms with Crippen molar-refractivity contribution >= 4 is 6.21 Å². The molecule has 1 aliphatic rings. The van der Waals surface area contributed by atoms with E-state index in [4.69, 9.17) is 0 Å². The summed E-state index contributed by atoms with van der Waals surface area (Å²) in [6, 6.07) is 9.96. The molecule has 0 saturated heterocycles. The fourth-order valence-electron chi connectivity index (χ4n) is 1.81. The normalized spacial score (nSPS) is 24.9. The van der Waals surface area contributed by atoms with Gasteiger partial charge in [-0.3, -0.25) is 4.39 Å². The summed E-state index contributed by atoms with van der Waals surface area (Å²) in [6.07, 6.45) is 2.31. The number of hydrazone groups is 1. The predicted octanol–water partition coefficient (Wildman–Crippen LogP) is 1.87. The molecule has 1 heterocycles. The molecular weight excluding hydrogens is 179 g/mol. The van der Waals surface area contributed by atoms with Gasteiger partial charge in [0.2, 0.25) is 0 Å². The molecule has 74 valence electrons. The number of alkyl halides is 1. The number of hydrogen-bond acceptors (Lipinski definition) is 2. The van der Waals surface area contributed by atoms with Gasteiger partial charge in [-0.2, -0.15) is 5.10 Å². The van der Waals surface area contributed by atoms with Crippen molar-refractivity contribution in [3.8, 4) is 0 Å². The number of rotatable bonds is 3. The lowest BCUT2D eigenvalue weighted by atomic mass is 9.80. The van der Waals surface area contributed by atoms with Gasteiger partial charge in [-0.15, -0.1) is 0 Å². The minimum Gasteiger partial charge on any atom is -0.309 e. The topological polar surface area (TPSA) is 24.4 Å². The standard InChI is InChI=1S/C11H13FN2/c12-7-6-11(8-13-14-9-11)10-4-2-1-3-5-10/h1-5,8,14H,6-7,9H2. The molecule has 1 aliphatic heterocycles. The lowest BCUT2D eigenvalue weighted by molar-refractivity contribution is 0.406. The van der Waals surface area contributed by atoms with Crippen LogP contribution < -0.4 is 5.43 Å². The highest BCUT2D eigenvalue weighted by Crippen LogP contribution is 2.27. The summed E-state index contributed by atoms with van der Waals surface area (Å²) >= 11 is 0. The Bertz CT molecular complexity index is 323. The van der Waals surface area contributed by atoms with E-state index in [1.165, 1.54) is 0 Å². The van der Waals surface area contributed by atoms with Gasteiger partial charge in [0.05, 0.1) is 12.1 Å². The Balaban J connectivity index is 2.32. The van der Waals surface area contributed by atoms with Crippen molar-refractivity contribution in [1.82, 2.24) is 5.43 Å². The Morgan fingerprint density at radius 3 is 2.71 bits per heavy atom. The van der Waals surface area contributed by atoms with Crippen molar-refractivity contribution in [3.63, 3.8) is 0 Å². The first-order valence-electron chi connectivity index (χ1n) is 4.76. The minimum atomic E-state index is -0.317. The Morgan fingerprint density at radius 2 is 2.14 bits per heavy atom. The summed E-state index contributed by atoms with van der Waals surface area (Å²) in [6.45, 7) is 0.378. The van der Waals surface area contributed by atoms with Gasteiger partial charge in [0.1, 0.15) is 0 Å². The molecule has 1 atom stereocenters. The SMILES string of the molecule is FCCC1(c2ccccc2)C=NNC1. The molecule has 0 amide bonds. The van der Waals surface area contributed by atoms with Crippen molar-refractivity contribution in [2.45, 2.75) is 11.8 Å². The van der Waals surface area contributed by atoms with Crippen molar-refractivity contribution in [2.75, 3.05) is 13.2 Å². The second kappa shape index (κ2) is 3.78. The highest BCUT2D eigenvalue weighted by atomic mass is 19.1. The largest absolute Gasteiger partial charge is 0.309 e. The second-order valence-electron chi connectivity index (χ2n) is 3.55. The van der Waals surface area contributed by atoms with Gasteiger partial charge >= 0.3 is 0 Å². The monoisotopic (exact) mass is 192 g/mol. The van der Waals surface area contributed by atoms with Crippen LogP contribution in [0.4, 0.5) is 4.39 Å². The van der Waals surface area contributed by atoms with Crippen LogP contribution in [0, 0.1) is 0 Å². The van der Waals surface area contributed by atoms with Gasteiger partial charge in [0.15, 0.2) is 0 Å². The smallest absolute Gasteiger partial charge is 0.0907 e. The summed E-state index contributed by atoms with van der Waals surface area (Å²) in [7, 11) is 0. The molecule has 1 aromatic carbocycles. The van der Waals surface area contributed by atoms with E-state index in [-0.39, 0.29) is 12.1 Å². The van der Waals surface area contributed by atoms with E-state index in [1.807, 2.05) is 36.5 Å². The first-order chi connectivity index (χ1) is 6.87. The van der Waals surface area contributed by atoms with Crippen LogP contribution >= 0.6 is 0 Å². The molecule has 0 aromatic heterocycles. The van der Waals surface area contributed by atoms with Crippen LogP contribution in [0.25, 0.3) is 0 Å². The summed E-state index contributed by atoms with van der Waals surface area (Å²) < 4.78 is 12.5. The van der Waals surface area contributed by atoms with E-state index in [0.717, 1.165) is 5.56 Å². The van der Waals surface area contributed by atoms with Gasteiger partial charge in [0, 0.05) is 12.8 Å². The molecule has 14 heavy (non-hydrogen) atoms. The Morgan fingerprint density at radius 1 is 1.36 bits per heavy atom. The number of hydrogen-bond donors (Lipinski definition) is 1. The summed E-state index contributed by atoms with van der Waals surface area (Å²) in [5.74, 6) is 0. The first kappa shape index (κ1) is 9.19. The van der Waals surface area contributed by atoms with Gasteiger partial charge in [0.25, 0.3) is 0 Å². The van der Waals surface area contributed by atoms with Crippen LogP contribution in [0.1, 0.15) is 12.0 Å². The Kier molecular flexibility index (Phi) is 2.48. The van der Waals surface area contributed by atoms with E-state index < -0.39 is 0 Å². The zero-order valence-electron chi connectivity index (χ0n) is 7.91. The molecule has 2 rings (SSSR count). The van der Waals surface area contributed by atoms with E-state index >= 15 is 0 Å². The average Bonchev–Trinajstić information content (AvgIpc) is 2.70. The Hall–Kier alpha value is -1.38. The van der Waals surface area contributed by atoms with Gasteiger partial charge in [-0.25, -0.2) is 0 Å². The third kappa shape index (κ3) is 1.50. The molecule has 3 heteroatoms. The van der Waals surface area contributed by atoms with E-state index in [2.05, 4.69) is 10.5 Å². The van der Waals surface area contributed by atoms with E-state index in [9.17, 15) is 4.39 Å². The molecule has 1 aromatic rings. The fraction of sp³-hybridized carbons (Fsp3) is 0.364. The highest BCUT2D eigenvalue weighted by Gasteiger charge is 2.32. The second-order valence-corrected chi connectivity index (χ2v) is 3.55. The van der Waals surface area contributed by atoms with Crippen LogP contribution in [0.15, 0.2) is 35.4 Å². The van der Waals surface area contributed by atoms with Crippen LogP contribution in [0.2, 0.25) is 0 Å². The van der Waals surface area contributed by atoms with Crippen molar-refractivity contribution in [3.05, 3.63) is 35.9 Å². The van der Waals surface area contributed by atoms with Crippen molar-refractivity contribution < 1.29 is 4.39 Å². The maximum atomic E-state index is 12.5. The summed E-state index contributed by atoms with van der Waals surface area (Å²) in [5, 5.41) is 3.99. The molecular formula is C11H13FN2. The molecule has 0 spiro atoms. The molecule has 0 bridgehead atoms. The quantitative estimate of drug-likeness (QED) is 0.776. The van der Waals surface area contributed by atoms with Crippen LogP contribution in [-0.2, 0) is 5.41 Å². The third-order valence-electron chi connectivity index (χ3n) is 2.69. The van der Waals surface area contributed by atoms with Gasteiger partial charge < -0.3 is 5.43 Å². The summed E-state index contributed by atoms with van der Waals surface area (Å²) in [5.41, 5.74) is 3.79.